The highest BCUT2D eigenvalue weighted by atomic mass is 16.6. The molecule has 1 aliphatic carbocycles. The topological polar surface area (TPSA) is 64.3 Å². The zero-order valence-corrected chi connectivity index (χ0v) is 9.98. The minimum Gasteiger partial charge on any atom is -0.368 e. The van der Waals surface area contributed by atoms with Gasteiger partial charge in [-0.3, -0.25) is 9.63 Å². The lowest BCUT2D eigenvalue weighted by molar-refractivity contribution is -0.126. The number of nitrogens with two attached hydrogens (primary N) is 1. The number of aryl methyl sites for hydroxylation is 1. The molecule has 2 rings (SSSR count). The fourth-order valence-electron chi connectivity index (χ4n) is 2.06. The van der Waals surface area contributed by atoms with Crippen LogP contribution in [0, 0.1) is 6.92 Å². The number of primary amides is 1. The van der Waals surface area contributed by atoms with Crippen LogP contribution in [0.4, 0.5) is 0 Å². The Balaban J connectivity index is 1.71. The van der Waals surface area contributed by atoms with Gasteiger partial charge in [-0.2, -0.15) is 5.48 Å². The van der Waals surface area contributed by atoms with E-state index in [4.69, 9.17) is 10.6 Å². The molecule has 1 amide bonds. The van der Waals surface area contributed by atoms with E-state index >= 15 is 0 Å². The van der Waals surface area contributed by atoms with Crippen molar-refractivity contribution in [2.75, 3.05) is 6.61 Å². The van der Waals surface area contributed by atoms with E-state index in [-0.39, 0.29) is 6.61 Å². The Hall–Kier alpha value is -1.39. The molecule has 3 N–H and O–H groups in total. The van der Waals surface area contributed by atoms with Crippen molar-refractivity contribution in [1.29, 1.82) is 0 Å². The van der Waals surface area contributed by atoms with Gasteiger partial charge in [-0.1, -0.05) is 29.8 Å². The molecular weight excluding hydrogens is 216 g/mol. The molecule has 1 aliphatic rings. The molecule has 1 aromatic carbocycles. The van der Waals surface area contributed by atoms with Gasteiger partial charge in [-0.05, 0) is 31.2 Å². The van der Waals surface area contributed by atoms with Gasteiger partial charge in [0, 0.05) is 6.04 Å². The van der Waals surface area contributed by atoms with Crippen molar-refractivity contribution in [2.45, 2.75) is 31.7 Å². The third-order valence-corrected chi connectivity index (χ3v) is 3.15. The number of rotatable bonds is 5. The minimum absolute atomic E-state index is 0.0638. The highest BCUT2D eigenvalue weighted by Crippen LogP contribution is 2.36. The third-order valence-electron chi connectivity index (χ3n) is 3.15. The molecular formula is C13H18N2O2. The predicted molar refractivity (Wildman–Crippen MR) is 65.2 cm³/mol. The van der Waals surface area contributed by atoms with E-state index < -0.39 is 5.91 Å². The maximum Gasteiger partial charge on any atom is 0.245 e. The normalized spacial score (nSPS) is 23.1. The Morgan fingerprint density at radius 3 is 2.65 bits per heavy atom. The Morgan fingerprint density at radius 2 is 2.06 bits per heavy atom. The molecule has 1 aromatic rings. The van der Waals surface area contributed by atoms with Gasteiger partial charge < -0.3 is 5.73 Å². The summed E-state index contributed by atoms with van der Waals surface area (Å²) in [5.41, 5.74) is 10.5. The second kappa shape index (κ2) is 5.29. The first-order chi connectivity index (χ1) is 8.15. The summed E-state index contributed by atoms with van der Waals surface area (Å²) >= 11 is 0. The van der Waals surface area contributed by atoms with Crippen LogP contribution in [0.2, 0.25) is 0 Å². The minimum atomic E-state index is -0.452. The summed E-state index contributed by atoms with van der Waals surface area (Å²) in [5.74, 6) is 0.150. The standard InChI is InChI=1S/C13H18N2O2/c1-9-2-4-10(5-3-9)11-6-12(7-11)15-17-8-13(14)16/h2-5,11-12,15H,6-8H2,1H3,(H2,14,16). The molecule has 4 heteroatoms. The van der Waals surface area contributed by atoms with E-state index in [9.17, 15) is 4.79 Å². The van der Waals surface area contributed by atoms with E-state index in [1.165, 1.54) is 11.1 Å². The SMILES string of the molecule is Cc1ccc(C2CC(NOCC(N)=O)C2)cc1. The third kappa shape index (κ3) is 3.28. The van der Waals surface area contributed by atoms with Crippen molar-refractivity contribution in [1.82, 2.24) is 5.48 Å². The molecule has 0 aromatic heterocycles. The molecule has 4 nitrogen and oxygen atoms in total. The van der Waals surface area contributed by atoms with Gasteiger partial charge in [0.25, 0.3) is 0 Å². The Labute approximate surface area is 101 Å². The molecule has 0 aliphatic heterocycles. The van der Waals surface area contributed by atoms with Gasteiger partial charge in [0.1, 0.15) is 6.61 Å². The molecule has 0 spiro atoms. The van der Waals surface area contributed by atoms with Gasteiger partial charge in [-0.25, -0.2) is 0 Å². The Bertz CT molecular complexity index is 383. The van der Waals surface area contributed by atoms with Crippen LogP contribution in [-0.2, 0) is 9.63 Å². The average molecular weight is 234 g/mol. The summed E-state index contributed by atoms with van der Waals surface area (Å²) in [7, 11) is 0. The molecule has 0 heterocycles. The second-order valence-corrected chi connectivity index (χ2v) is 4.65. The summed E-state index contributed by atoms with van der Waals surface area (Å²) in [5, 5.41) is 0. The van der Waals surface area contributed by atoms with Crippen molar-refractivity contribution in [3.63, 3.8) is 0 Å². The summed E-state index contributed by atoms with van der Waals surface area (Å²) < 4.78 is 0. The smallest absolute Gasteiger partial charge is 0.245 e. The van der Waals surface area contributed by atoms with Gasteiger partial charge in [0.15, 0.2) is 0 Å². The maximum atomic E-state index is 10.5. The lowest BCUT2D eigenvalue weighted by atomic mass is 9.76. The largest absolute Gasteiger partial charge is 0.368 e. The lowest BCUT2D eigenvalue weighted by Gasteiger charge is -2.35. The number of hydrogen-bond donors (Lipinski definition) is 2. The van der Waals surface area contributed by atoms with Crippen LogP contribution in [0.1, 0.15) is 29.9 Å². The monoisotopic (exact) mass is 234 g/mol. The van der Waals surface area contributed by atoms with Crippen LogP contribution in [0.25, 0.3) is 0 Å². The Kier molecular flexibility index (Phi) is 3.76. The summed E-state index contributed by atoms with van der Waals surface area (Å²) in [4.78, 5) is 15.4. The van der Waals surface area contributed by atoms with Crippen molar-refractivity contribution in [3.8, 4) is 0 Å². The van der Waals surface area contributed by atoms with Crippen LogP contribution in [0.15, 0.2) is 24.3 Å². The number of hydrogen-bond acceptors (Lipinski definition) is 3. The van der Waals surface area contributed by atoms with E-state index in [2.05, 4.69) is 36.7 Å². The molecule has 0 saturated heterocycles. The number of carbonyl (C=O) groups excluding carboxylic acids is 1. The number of benzene rings is 1. The lowest BCUT2D eigenvalue weighted by Crippen LogP contribution is -2.41. The van der Waals surface area contributed by atoms with E-state index in [1.807, 2.05) is 0 Å². The molecule has 0 atom stereocenters. The molecule has 17 heavy (non-hydrogen) atoms. The average Bonchev–Trinajstić information content (AvgIpc) is 2.23. The van der Waals surface area contributed by atoms with Crippen LogP contribution < -0.4 is 11.2 Å². The highest BCUT2D eigenvalue weighted by molar-refractivity contribution is 5.74. The predicted octanol–water partition coefficient (Wildman–Crippen LogP) is 1.25. The molecule has 1 saturated carbocycles. The molecule has 0 radical (unpaired) electrons. The zero-order chi connectivity index (χ0) is 12.3. The molecule has 1 fully saturated rings. The van der Waals surface area contributed by atoms with Crippen molar-refractivity contribution < 1.29 is 9.63 Å². The number of amides is 1. The Morgan fingerprint density at radius 1 is 1.41 bits per heavy atom. The van der Waals surface area contributed by atoms with Crippen LogP contribution >= 0.6 is 0 Å². The number of nitrogens with one attached hydrogen (secondary N) is 1. The van der Waals surface area contributed by atoms with Crippen LogP contribution in [-0.4, -0.2) is 18.6 Å². The van der Waals surface area contributed by atoms with Crippen molar-refractivity contribution in [3.05, 3.63) is 35.4 Å². The summed E-state index contributed by atoms with van der Waals surface area (Å²) in [6.07, 6.45) is 2.09. The molecule has 0 unspecified atom stereocenters. The van der Waals surface area contributed by atoms with Gasteiger partial charge in [0.05, 0.1) is 0 Å². The van der Waals surface area contributed by atoms with E-state index in [1.54, 1.807) is 0 Å². The van der Waals surface area contributed by atoms with E-state index in [0.717, 1.165) is 12.8 Å². The fourth-order valence-corrected chi connectivity index (χ4v) is 2.06. The fraction of sp³-hybridized carbons (Fsp3) is 0.462. The van der Waals surface area contributed by atoms with Gasteiger partial charge in [-0.15, -0.1) is 0 Å². The first kappa shape index (κ1) is 12.1. The summed E-state index contributed by atoms with van der Waals surface area (Å²) in [6.45, 7) is 2.03. The number of carbonyl (C=O) groups is 1. The summed E-state index contributed by atoms with van der Waals surface area (Å²) in [6, 6.07) is 8.97. The first-order valence-electron chi connectivity index (χ1n) is 5.87. The zero-order valence-electron chi connectivity index (χ0n) is 9.98. The van der Waals surface area contributed by atoms with Gasteiger partial charge >= 0.3 is 0 Å². The maximum absolute atomic E-state index is 10.5. The molecule has 0 bridgehead atoms. The quantitative estimate of drug-likeness (QED) is 0.754. The van der Waals surface area contributed by atoms with Crippen LogP contribution in [0.5, 0.6) is 0 Å². The second-order valence-electron chi connectivity index (χ2n) is 4.65. The highest BCUT2D eigenvalue weighted by Gasteiger charge is 2.30. The first-order valence-corrected chi connectivity index (χ1v) is 5.87. The molecule has 92 valence electrons. The van der Waals surface area contributed by atoms with E-state index in [0.29, 0.717) is 12.0 Å². The van der Waals surface area contributed by atoms with Crippen molar-refractivity contribution >= 4 is 5.91 Å². The van der Waals surface area contributed by atoms with Crippen molar-refractivity contribution in [2.24, 2.45) is 5.73 Å². The number of hydroxylamine groups is 1. The van der Waals surface area contributed by atoms with Gasteiger partial charge in [0.2, 0.25) is 5.91 Å². The van der Waals surface area contributed by atoms with Crippen LogP contribution in [0.3, 0.4) is 0 Å².